The molecule has 7 nitrogen and oxygen atoms in total. The predicted octanol–water partition coefficient (Wildman–Crippen LogP) is 3.23. The molecule has 0 fully saturated rings. The van der Waals surface area contributed by atoms with Gasteiger partial charge >= 0.3 is 5.97 Å². The van der Waals surface area contributed by atoms with Crippen LogP contribution in [0.25, 0.3) is 0 Å². The lowest BCUT2D eigenvalue weighted by Crippen LogP contribution is -2.17. The zero-order valence-electron chi connectivity index (χ0n) is 15.0. The molecule has 0 aliphatic rings. The summed E-state index contributed by atoms with van der Waals surface area (Å²) >= 11 is 0. The van der Waals surface area contributed by atoms with Gasteiger partial charge in [-0.25, -0.2) is 9.78 Å². The number of carbonyl (C=O) groups is 1. The van der Waals surface area contributed by atoms with Gasteiger partial charge in [0.05, 0.1) is 18.4 Å². The third-order valence-corrected chi connectivity index (χ3v) is 3.97. The Balaban J connectivity index is 1.84. The number of nitriles is 1. The molecule has 0 aliphatic heterocycles. The van der Waals surface area contributed by atoms with Gasteiger partial charge in [0.25, 0.3) is 0 Å². The smallest absolute Gasteiger partial charge is 0.357 e. The van der Waals surface area contributed by atoms with Crippen LogP contribution in [0.3, 0.4) is 0 Å². The minimum absolute atomic E-state index is 0.0177. The Morgan fingerprint density at radius 2 is 2.08 bits per heavy atom. The Bertz CT molecular complexity index is 762. The highest BCUT2D eigenvalue weighted by molar-refractivity contribution is 5.86. The maximum Gasteiger partial charge on any atom is 0.357 e. The number of hydrogen-bond donors (Lipinski definition) is 1. The Kier molecular flexibility index (Phi) is 7.03. The molecular formula is C19H23N3O4. The summed E-state index contributed by atoms with van der Waals surface area (Å²) in [6, 6.07) is 9.67. The molecule has 1 heterocycles. The van der Waals surface area contributed by atoms with Crippen molar-refractivity contribution in [1.82, 2.24) is 9.71 Å². The van der Waals surface area contributed by atoms with Gasteiger partial charge in [-0.2, -0.15) is 9.99 Å². The number of nitrogens with zero attached hydrogens (tertiary/aromatic N) is 3. The quantitative estimate of drug-likeness (QED) is 0.701. The lowest BCUT2D eigenvalue weighted by Gasteiger charge is -2.11. The highest BCUT2D eigenvalue weighted by Gasteiger charge is 2.15. The molecule has 26 heavy (non-hydrogen) atoms. The third kappa shape index (κ3) is 5.24. The van der Waals surface area contributed by atoms with E-state index in [-0.39, 0.29) is 18.2 Å². The molecule has 1 atom stereocenters. The van der Waals surface area contributed by atoms with Gasteiger partial charge in [-0.05, 0) is 37.5 Å². The van der Waals surface area contributed by atoms with Crippen LogP contribution < -0.4 is 9.57 Å². The monoisotopic (exact) mass is 357 g/mol. The lowest BCUT2D eigenvalue weighted by molar-refractivity contribution is 0.0565. The number of benzene rings is 1. The zero-order valence-corrected chi connectivity index (χ0v) is 15.0. The molecule has 1 N–H and O–H groups in total. The average molecular weight is 357 g/mol. The van der Waals surface area contributed by atoms with Crippen molar-refractivity contribution in [3.63, 3.8) is 0 Å². The van der Waals surface area contributed by atoms with Crippen LogP contribution in [-0.4, -0.2) is 27.4 Å². The van der Waals surface area contributed by atoms with Crippen LogP contribution in [0.2, 0.25) is 0 Å². The molecule has 7 heteroatoms. The molecule has 0 radical (unpaired) electrons. The number of carboxylic acid groups (broad SMARTS) is 1. The molecular weight excluding hydrogens is 334 g/mol. The Morgan fingerprint density at radius 1 is 1.35 bits per heavy atom. The molecule has 2 rings (SSSR count). The van der Waals surface area contributed by atoms with E-state index in [9.17, 15) is 4.79 Å². The summed E-state index contributed by atoms with van der Waals surface area (Å²) in [7, 11) is 0. The number of aromatic nitrogens is 2. The highest BCUT2D eigenvalue weighted by Crippen LogP contribution is 2.15. The van der Waals surface area contributed by atoms with Crippen molar-refractivity contribution in [2.45, 2.75) is 39.7 Å². The van der Waals surface area contributed by atoms with Crippen LogP contribution in [0.4, 0.5) is 0 Å². The normalized spacial score (nSPS) is 11.6. The van der Waals surface area contributed by atoms with Crippen LogP contribution in [0, 0.1) is 24.2 Å². The average Bonchev–Trinajstić information content (AvgIpc) is 3.01. The maximum absolute atomic E-state index is 11.2. The fourth-order valence-corrected chi connectivity index (χ4v) is 2.53. The van der Waals surface area contributed by atoms with E-state index in [1.807, 2.05) is 24.3 Å². The summed E-state index contributed by atoms with van der Waals surface area (Å²) in [5.74, 6) is -0.316. The number of carboxylic acids is 1. The molecule has 1 aromatic heterocycles. The summed E-state index contributed by atoms with van der Waals surface area (Å²) in [6.07, 6.45) is 3.94. The Morgan fingerprint density at radius 3 is 2.69 bits per heavy atom. The number of aryl methyl sites for hydroxylation is 1. The molecule has 0 bridgehead atoms. The second-order valence-electron chi connectivity index (χ2n) is 5.98. The second-order valence-corrected chi connectivity index (χ2v) is 5.98. The van der Waals surface area contributed by atoms with E-state index < -0.39 is 5.97 Å². The van der Waals surface area contributed by atoms with Gasteiger partial charge in [-0.15, -0.1) is 0 Å². The van der Waals surface area contributed by atoms with Gasteiger partial charge in [0, 0.05) is 5.92 Å². The van der Waals surface area contributed by atoms with E-state index in [1.54, 1.807) is 6.92 Å². The maximum atomic E-state index is 11.2. The largest absolute Gasteiger partial charge is 0.494 e. The van der Waals surface area contributed by atoms with E-state index in [0.717, 1.165) is 28.9 Å². The fourth-order valence-electron chi connectivity index (χ4n) is 2.53. The van der Waals surface area contributed by atoms with Crippen LogP contribution in [0.5, 0.6) is 5.75 Å². The van der Waals surface area contributed by atoms with E-state index in [2.05, 4.69) is 18.0 Å². The minimum atomic E-state index is -1.08. The molecule has 1 aromatic carbocycles. The highest BCUT2D eigenvalue weighted by atomic mass is 16.7. The first-order chi connectivity index (χ1) is 12.5. The van der Waals surface area contributed by atoms with Crippen LogP contribution in [0.1, 0.15) is 47.9 Å². The summed E-state index contributed by atoms with van der Waals surface area (Å²) in [5.41, 5.74) is 1.30. The SMILES string of the molecule is CCCC(C#N)CCOc1ccc(COn2cnc(C)c2C(=O)O)cc1. The third-order valence-electron chi connectivity index (χ3n) is 3.97. The van der Waals surface area contributed by atoms with E-state index in [4.69, 9.17) is 19.9 Å². The molecule has 138 valence electrons. The molecule has 0 spiro atoms. The molecule has 2 aromatic rings. The van der Waals surface area contributed by atoms with E-state index in [1.165, 1.54) is 6.33 Å². The topological polar surface area (TPSA) is 97.4 Å². The zero-order chi connectivity index (χ0) is 18.9. The van der Waals surface area contributed by atoms with Gasteiger partial charge in [-0.3, -0.25) is 0 Å². The van der Waals surface area contributed by atoms with Gasteiger partial charge in [0.1, 0.15) is 18.7 Å². The lowest BCUT2D eigenvalue weighted by atomic mass is 10.0. The van der Waals surface area contributed by atoms with Crippen molar-refractivity contribution in [2.24, 2.45) is 5.92 Å². The summed E-state index contributed by atoms with van der Waals surface area (Å²) in [6.45, 7) is 4.40. The Hall–Kier alpha value is -3.01. The first kappa shape index (κ1) is 19.3. The minimum Gasteiger partial charge on any atom is -0.494 e. The Labute approximate surface area is 152 Å². The molecule has 0 aliphatic carbocycles. The first-order valence-electron chi connectivity index (χ1n) is 8.57. The number of ether oxygens (including phenoxy) is 1. The van der Waals surface area contributed by atoms with Crippen molar-refractivity contribution in [2.75, 3.05) is 6.61 Å². The van der Waals surface area contributed by atoms with Crippen LogP contribution in [-0.2, 0) is 6.61 Å². The molecule has 1 unspecified atom stereocenters. The number of aromatic carboxylic acids is 1. The summed E-state index contributed by atoms with van der Waals surface area (Å²) in [5, 5.41) is 18.2. The van der Waals surface area contributed by atoms with Crippen molar-refractivity contribution in [3.05, 3.63) is 47.5 Å². The number of imidazole rings is 1. The second kappa shape index (κ2) is 9.47. The first-order valence-corrected chi connectivity index (χ1v) is 8.57. The fraction of sp³-hybridized carbons (Fsp3) is 0.421. The molecule has 0 amide bonds. The number of hydrogen-bond acceptors (Lipinski definition) is 5. The summed E-state index contributed by atoms with van der Waals surface area (Å²) < 4.78 is 6.84. The van der Waals surface area contributed by atoms with Crippen LogP contribution in [0.15, 0.2) is 30.6 Å². The van der Waals surface area contributed by atoms with Gasteiger partial charge in [0.15, 0.2) is 5.69 Å². The summed E-state index contributed by atoms with van der Waals surface area (Å²) in [4.78, 5) is 20.6. The molecule has 0 saturated carbocycles. The van der Waals surface area contributed by atoms with Crippen molar-refractivity contribution < 1.29 is 19.5 Å². The van der Waals surface area contributed by atoms with Crippen LogP contribution >= 0.6 is 0 Å². The van der Waals surface area contributed by atoms with Gasteiger partial charge in [0.2, 0.25) is 0 Å². The van der Waals surface area contributed by atoms with E-state index >= 15 is 0 Å². The van der Waals surface area contributed by atoms with Gasteiger partial charge in [-0.1, -0.05) is 25.5 Å². The van der Waals surface area contributed by atoms with Crippen molar-refractivity contribution >= 4 is 5.97 Å². The van der Waals surface area contributed by atoms with E-state index in [0.29, 0.717) is 18.7 Å². The van der Waals surface area contributed by atoms with Crippen molar-refractivity contribution in [3.8, 4) is 11.8 Å². The standard InChI is InChI=1S/C19H23N3O4/c1-3-4-15(11-20)9-10-25-17-7-5-16(6-8-17)12-26-22-13-21-14(2)18(22)19(23)24/h5-8,13,15H,3-4,9-10,12H2,1-2H3,(H,23,24). The molecule has 0 saturated heterocycles. The van der Waals surface area contributed by atoms with Gasteiger partial charge < -0.3 is 14.7 Å². The predicted molar refractivity (Wildman–Crippen MR) is 94.8 cm³/mol. The van der Waals surface area contributed by atoms with Crippen molar-refractivity contribution in [1.29, 1.82) is 5.26 Å². The number of rotatable bonds is 10.